The molecule has 1 aromatic rings. The van der Waals surface area contributed by atoms with Crippen LogP contribution in [-0.2, 0) is 0 Å². The monoisotopic (exact) mass is 312 g/mol. The summed E-state index contributed by atoms with van der Waals surface area (Å²) in [5, 5.41) is 0. The summed E-state index contributed by atoms with van der Waals surface area (Å²) in [5.74, 6) is 0.924. The molecular weight excluding hydrogens is 301 g/mol. The van der Waals surface area contributed by atoms with Gasteiger partial charge < -0.3 is 9.47 Å². The van der Waals surface area contributed by atoms with Crippen molar-refractivity contribution in [2.75, 3.05) is 13.2 Å². The van der Waals surface area contributed by atoms with Crippen LogP contribution < -0.4 is 9.47 Å². The first-order valence-electron chi connectivity index (χ1n) is 5.00. The molecule has 17 heavy (non-hydrogen) atoms. The molecule has 0 aliphatic rings. The summed E-state index contributed by atoms with van der Waals surface area (Å²) < 4.78 is 46.8. The summed E-state index contributed by atoms with van der Waals surface area (Å²) in [7, 11) is 0. The first kappa shape index (κ1) is 14.2. The molecule has 0 bridgehead atoms. The maximum Gasteiger partial charge on any atom is 0.404 e. The maximum atomic E-state index is 12.2. The zero-order valence-electron chi connectivity index (χ0n) is 9.13. The summed E-state index contributed by atoms with van der Waals surface area (Å²) in [5.41, 5.74) is 0. The van der Waals surface area contributed by atoms with Crippen LogP contribution in [0.25, 0.3) is 0 Å². The summed E-state index contributed by atoms with van der Waals surface area (Å²) in [6.45, 7) is 1.85. The van der Waals surface area contributed by atoms with Gasteiger partial charge in [0.05, 0.1) is 6.61 Å². The molecule has 0 radical (unpaired) electrons. The molecular formula is C11H12BrF3O2. The minimum atomic E-state index is -4.31. The second-order valence-electron chi connectivity index (χ2n) is 3.23. The number of benzene rings is 1. The Bertz CT molecular complexity index is 355. The van der Waals surface area contributed by atoms with Gasteiger partial charge in [0.15, 0.2) is 0 Å². The SMILES string of the molecule is CCOc1cccc(OCC(Br)C(F)(F)F)c1. The number of hydrogen-bond donors (Lipinski definition) is 0. The Balaban J connectivity index is 2.54. The largest absolute Gasteiger partial charge is 0.494 e. The third-order valence-electron chi connectivity index (χ3n) is 1.87. The fourth-order valence-electron chi connectivity index (χ4n) is 1.08. The van der Waals surface area contributed by atoms with Gasteiger partial charge in [-0.25, -0.2) is 0 Å². The molecule has 0 N–H and O–H groups in total. The minimum absolute atomic E-state index is 0.352. The molecule has 0 fully saturated rings. The molecule has 1 atom stereocenters. The second-order valence-corrected chi connectivity index (χ2v) is 4.33. The van der Waals surface area contributed by atoms with Crippen LogP contribution in [0.15, 0.2) is 24.3 Å². The molecule has 1 unspecified atom stereocenters. The smallest absolute Gasteiger partial charge is 0.404 e. The van der Waals surface area contributed by atoms with E-state index in [1.54, 1.807) is 24.3 Å². The normalized spacial score (nSPS) is 13.2. The maximum absolute atomic E-state index is 12.2. The lowest BCUT2D eigenvalue weighted by Crippen LogP contribution is -2.28. The molecule has 0 aromatic heterocycles. The number of halogens is 4. The Morgan fingerprint density at radius 2 is 1.82 bits per heavy atom. The van der Waals surface area contributed by atoms with E-state index < -0.39 is 17.6 Å². The molecule has 0 heterocycles. The lowest BCUT2D eigenvalue weighted by atomic mass is 10.3. The summed E-state index contributed by atoms with van der Waals surface area (Å²) in [4.78, 5) is -1.68. The predicted octanol–water partition coefficient (Wildman–Crippen LogP) is 3.79. The number of ether oxygens (including phenoxy) is 2. The Morgan fingerprint density at radius 1 is 1.24 bits per heavy atom. The van der Waals surface area contributed by atoms with E-state index >= 15 is 0 Å². The van der Waals surface area contributed by atoms with Crippen LogP contribution in [0.5, 0.6) is 11.5 Å². The fraction of sp³-hybridized carbons (Fsp3) is 0.455. The van der Waals surface area contributed by atoms with Gasteiger partial charge in [-0.05, 0) is 19.1 Å². The third kappa shape index (κ3) is 4.85. The Labute approximate surface area is 106 Å². The molecule has 0 saturated heterocycles. The minimum Gasteiger partial charge on any atom is -0.494 e. The highest BCUT2D eigenvalue weighted by Gasteiger charge is 2.38. The van der Waals surface area contributed by atoms with Gasteiger partial charge in [-0.3, -0.25) is 0 Å². The highest BCUT2D eigenvalue weighted by molar-refractivity contribution is 9.09. The molecule has 0 aliphatic carbocycles. The summed E-state index contributed by atoms with van der Waals surface area (Å²) in [6.07, 6.45) is -4.31. The van der Waals surface area contributed by atoms with E-state index in [2.05, 4.69) is 15.9 Å². The van der Waals surface area contributed by atoms with Gasteiger partial charge in [-0.2, -0.15) is 13.2 Å². The van der Waals surface area contributed by atoms with Crippen LogP contribution in [0.4, 0.5) is 13.2 Å². The van der Waals surface area contributed by atoms with Crippen molar-refractivity contribution in [3.05, 3.63) is 24.3 Å². The summed E-state index contributed by atoms with van der Waals surface area (Å²) >= 11 is 2.52. The van der Waals surface area contributed by atoms with Crippen molar-refractivity contribution in [3.8, 4) is 11.5 Å². The predicted molar refractivity (Wildman–Crippen MR) is 61.9 cm³/mol. The molecule has 1 rings (SSSR count). The molecule has 0 aliphatic heterocycles. The van der Waals surface area contributed by atoms with Crippen LogP contribution in [0.1, 0.15) is 6.92 Å². The van der Waals surface area contributed by atoms with E-state index in [4.69, 9.17) is 9.47 Å². The van der Waals surface area contributed by atoms with Crippen LogP contribution >= 0.6 is 15.9 Å². The molecule has 2 nitrogen and oxygen atoms in total. The highest BCUT2D eigenvalue weighted by atomic mass is 79.9. The Hall–Kier alpha value is -0.910. The van der Waals surface area contributed by atoms with E-state index in [9.17, 15) is 13.2 Å². The van der Waals surface area contributed by atoms with Gasteiger partial charge >= 0.3 is 6.18 Å². The van der Waals surface area contributed by atoms with Gasteiger partial charge in [-0.15, -0.1) is 0 Å². The molecule has 0 saturated carbocycles. The summed E-state index contributed by atoms with van der Waals surface area (Å²) in [6, 6.07) is 6.51. The third-order valence-corrected chi connectivity index (χ3v) is 2.65. The van der Waals surface area contributed by atoms with E-state index in [0.717, 1.165) is 0 Å². The van der Waals surface area contributed by atoms with Gasteiger partial charge in [0.25, 0.3) is 0 Å². The average molecular weight is 313 g/mol. The van der Waals surface area contributed by atoms with E-state index in [-0.39, 0.29) is 0 Å². The molecule has 6 heteroatoms. The molecule has 1 aromatic carbocycles. The highest BCUT2D eigenvalue weighted by Crippen LogP contribution is 2.27. The van der Waals surface area contributed by atoms with E-state index in [1.807, 2.05) is 6.92 Å². The van der Waals surface area contributed by atoms with Crippen LogP contribution in [0, 0.1) is 0 Å². The second kappa shape index (κ2) is 6.14. The van der Waals surface area contributed by atoms with Crippen LogP contribution in [-0.4, -0.2) is 24.2 Å². The molecule has 0 spiro atoms. The van der Waals surface area contributed by atoms with Crippen molar-refractivity contribution in [1.29, 1.82) is 0 Å². The lowest BCUT2D eigenvalue weighted by molar-refractivity contribution is -0.132. The van der Waals surface area contributed by atoms with Gasteiger partial charge in [-0.1, -0.05) is 22.0 Å². The van der Waals surface area contributed by atoms with Crippen LogP contribution in [0.3, 0.4) is 0 Å². The van der Waals surface area contributed by atoms with Gasteiger partial charge in [0, 0.05) is 6.07 Å². The van der Waals surface area contributed by atoms with Crippen molar-refractivity contribution in [1.82, 2.24) is 0 Å². The topological polar surface area (TPSA) is 18.5 Å². The quantitative estimate of drug-likeness (QED) is 0.770. The first-order chi connectivity index (χ1) is 7.93. The molecule has 96 valence electrons. The molecule has 0 amide bonds. The van der Waals surface area contributed by atoms with Crippen molar-refractivity contribution in [2.45, 2.75) is 17.9 Å². The fourth-order valence-corrected chi connectivity index (χ4v) is 1.22. The number of rotatable bonds is 5. The first-order valence-corrected chi connectivity index (χ1v) is 5.91. The van der Waals surface area contributed by atoms with Gasteiger partial charge in [0.2, 0.25) is 0 Å². The lowest BCUT2D eigenvalue weighted by Gasteiger charge is -2.15. The van der Waals surface area contributed by atoms with E-state index in [1.165, 1.54) is 0 Å². The van der Waals surface area contributed by atoms with Crippen molar-refractivity contribution < 1.29 is 22.6 Å². The van der Waals surface area contributed by atoms with E-state index in [0.29, 0.717) is 18.1 Å². The zero-order chi connectivity index (χ0) is 12.9. The van der Waals surface area contributed by atoms with Crippen LogP contribution in [0.2, 0.25) is 0 Å². The van der Waals surface area contributed by atoms with Crippen molar-refractivity contribution in [3.63, 3.8) is 0 Å². The number of alkyl halides is 4. The zero-order valence-corrected chi connectivity index (χ0v) is 10.7. The Kier molecular flexibility index (Phi) is 5.11. The Morgan fingerprint density at radius 3 is 2.35 bits per heavy atom. The average Bonchev–Trinajstić information content (AvgIpc) is 2.25. The van der Waals surface area contributed by atoms with Gasteiger partial charge in [0.1, 0.15) is 22.9 Å². The van der Waals surface area contributed by atoms with Crippen molar-refractivity contribution >= 4 is 15.9 Å². The number of hydrogen-bond acceptors (Lipinski definition) is 2. The van der Waals surface area contributed by atoms with Crippen molar-refractivity contribution in [2.24, 2.45) is 0 Å². The standard InChI is InChI=1S/C11H12BrF3O2/c1-2-16-8-4-3-5-9(6-8)17-7-10(12)11(13,14)15/h3-6,10H,2,7H2,1H3.